The van der Waals surface area contributed by atoms with Gasteiger partial charge in [-0.05, 0) is 49.8 Å². The summed E-state index contributed by atoms with van der Waals surface area (Å²) in [6.45, 7) is 0.608. The Labute approximate surface area is 202 Å². The third-order valence-electron chi connectivity index (χ3n) is 5.72. The molecule has 0 aliphatic heterocycles. The fraction of sp³-hybridized carbons (Fsp3) is 0.321. The molecule has 6 heteroatoms. The van der Waals surface area contributed by atoms with Crippen LogP contribution in [0.15, 0.2) is 66.7 Å². The first kappa shape index (κ1) is 25.3. The van der Waals surface area contributed by atoms with Crippen LogP contribution in [0, 0.1) is 0 Å². The average Bonchev–Trinajstić information content (AvgIpc) is 2.83. The van der Waals surface area contributed by atoms with Gasteiger partial charge in [-0.2, -0.15) is 0 Å². The van der Waals surface area contributed by atoms with E-state index in [4.69, 9.17) is 4.74 Å². The number of likely N-dealkylation sites (N-methyl/N-ethyl adjacent to an activating group) is 1. The molecule has 1 amide bonds. The number of nitrogens with zero attached hydrogens (tertiary/aromatic N) is 2. The topological polar surface area (TPSA) is 65.0 Å². The van der Waals surface area contributed by atoms with Gasteiger partial charge in [-0.25, -0.2) is 0 Å². The third kappa shape index (κ3) is 6.37. The number of methoxy groups -OCH3 is 1. The molecule has 0 fully saturated rings. The summed E-state index contributed by atoms with van der Waals surface area (Å²) in [5, 5.41) is 13.0. The van der Waals surface area contributed by atoms with Gasteiger partial charge in [-0.3, -0.25) is 4.79 Å². The fourth-order valence-corrected chi connectivity index (χ4v) is 4.10. The quantitative estimate of drug-likeness (QED) is 0.481. The van der Waals surface area contributed by atoms with Gasteiger partial charge in [0.25, 0.3) is 5.91 Å². The lowest BCUT2D eigenvalue weighted by Gasteiger charge is -2.23. The Morgan fingerprint density at radius 1 is 1.00 bits per heavy atom. The smallest absolute Gasteiger partial charge is 0.251 e. The molecule has 0 spiro atoms. The minimum atomic E-state index is -0.122. The summed E-state index contributed by atoms with van der Waals surface area (Å²) in [5.41, 5.74) is 5.07. The molecule has 0 bridgehead atoms. The van der Waals surface area contributed by atoms with Crippen molar-refractivity contribution in [2.45, 2.75) is 19.1 Å². The number of para-hydroxylation sites is 1. The van der Waals surface area contributed by atoms with Crippen molar-refractivity contribution in [3.8, 4) is 16.9 Å². The number of carbonyl (C=O) groups excluding carboxylic acids is 1. The average molecular weight is 462 g/mol. The van der Waals surface area contributed by atoms with Crippen molar-refractivity contribution in [3.05, 3.63) is 83.4 Å². The number of aliphatic hydroxyl groups is 1. The largest absolute Gasteiger partial charge is 0.496 e. The van der Waals surface area contributed by atoms with E-state index in [1.807, 2.05) is 87.7 Å². The standard InChI is InChI=1S/C28H35N3O3/c1-30(2)18-24(14-20-10-7-6-8-11-20)29-28(33)23-15-22(16-25(17-23)31(3)4)26-13-9-12-21(19-32)27(26)34-5/h6-13,15-17,24,32H,14,18-19H2,1-5H3,(H,29,33)/t24-/m0/s1. The SMILES string of the molecule is COc1c(CO)cccc1-c1cc(C(=O)N[C@@H](Cc2ccccc2)CN(C)C)cc(N(C)C)c1. The molecule has 0 saturated carbocycles. The summed E-state index contributed by atoms with van der Waals surface area (Å²) in [4.78, 5) is 17.5. The van der Waals surface area contributed by atoms with E-state index >= 15 is 0 Å². The first-order valence-corrected chi connectivity index (χ1v) is 11.4. The highest BCUT2D eigenvalue weighted by Crippen LogP contribution is 2.35. The molecule has 34 heavy (non-hydrogen) atoms. The Morgan fingerprint density at radius 2 is 1.74 bits per heavy atom. The molecule has 6 nitrogen and oxygen atoms in total. The molecule has 0 aliphatic rings. The summed E-state index contributed by atoms with van der Waals surface area (Å²) in [6, 6.07) is 21.6. The van der Waals surface area contributed by atoms with Gasteiger partial charge in [0.15, 0.2) is 0 Å². The predicted octanol–water partition coefficient (Wildman–Crippen LogP) is 3.82. The number of hydrogen-bond acceptors (Lipinski definition) is 5. The maximum absolute atomic E-state index is 13.4. The summed E-state index contributed by atoms with van der Waals surface area (Å²) < 4.78 is 5.62. The minimum Gasteiger partial charge on any atom is -0.496 e. The lowest BCUT2D eigenvalue weighted by atomic mass is 9.98. The minimum absolute atomic E-state index is 0.0383. The van der Waals surface area contributed by atoms with Crippen molar-refractivity contribution in [1.29, 1.82) is 0 Å². The molecular weight excluding hydrogens is 426 g/mol. The zero-order valence-electron chi connectivity index (χ0n) is 20.7. The summed E-state index contributed by atoms with van der Waals surface area (Å²) in [7, 11) is 9.51. The Kier molecular flexibility index (Phi) is 8.68. The number of aliphatic hydroxyl groups excluding tert-OH is 1. The van der Waals surface area contributed by atoms with E-state index in [0.717, 1.165) is 29.8 Å². The van der Waals surface area contributed by atoms with Crippen LogP contribution in [0.5, 0.6) is 5.75 Å². The van der Waals surface area contributed by atoms with Crippen LogP contribution < -0.4 is 15.0 Å². The van der Waals surface area contributed by atoms with Gasteiger partial charge in [0.2, 0.25) is 0 Å². The van der Waals surface area contributed by atoms with Gasteiger partial charge in [-0.1, -0.05) is 48.5 Å². The predicted molar refractivity (Wildman–Crippen MR) is 139 cm³/mol. The van der Waals surface area contributed by atoms with E-state index in [0.29, 0.717) is 16.9 Å². The highest BCUT2D eigenvalue weighted by atomic mass is 16.5. The van der Waals surface area contributed by atoms with E-state index < -0.39 is 0 Å². The second-order valence-electron chi connectivity index (χ2n) is 8.94. The molecule has 1 atom stereocenters. The van der Waals surface area contributed by atoms with Crippen LogP contribution in [0.2, 0.25) is 0 Å². The molecule has 2 N–H and O–H groups in total. The van der Waals surface area contributed by atoms with Crippen LogP contribution in [-0.2, 0) is 13.0 Å². The first-order chi connectivity index (χ1) is 16.3. The number of benzene rings is 3. The van der Waals surface area contributed by atoms with E-state index in [9.17, 15) is 9.90 Å². The highest BCUT2D eigenvalue weighted by molar-refractivity contribution is 5.97. The number of hydrogen-bond donors (Lipinski definition) is 2. The first-order valence-electron chi connectivity index (χ1n) is 11.4. The molecule has 0 heterocycles. The Bertz CT molecular complexity index is 1100. The number of ether oxygens (including phenoxy) is 1. The van der Waals surface area contributed by atoms with Crippen molar-refractivity contribution in [2.75, 3.05) is 46.7 Å². The Hall–Kier alpha value is -3.35. The van der Waals surface area contributed by atoms with E-state index in [1.54, 1.807) is 7.11 Å². The van der Waals surface area contributed by atoms with E-state index in [-0.39, 0.29) is 18.6 Å². The molecule has 180 valence electrons. The zero-order valence-corrected chi connectivity index (χ0v) is 20.7. The monoisotopic (exact) mass is 461 g/mol. The molecule has 0 saturated heterocycles. The van der Waals surface area contributed by atoms with Gasteiger partial charge in [0, 0.05) is 49.1 Å². The van der Waals surface area contributed by atoms with Crippen LogP contribution >= 0.6 is 0 Å². The van der Waals surface area contributed by atoms with E-state index in [1.165, 1.54) is 5.56 Å². The summed E-state index contributed by atoms with van der Waals surface area (Å²) in [6.07, 6.45) is 0.747. The van der Waals surface area contributed by atoms with Gasteiger partial charge >= 0.3 is 0 Å². The van der Waals surface area contributed by atoms with Crippen molar-refractivity contribution < 1.29 is 14.6 Å². The molecule has 3 rings (SSSR count). The Balaban J connectivity index is 1.97. The maximum Gasteiger partial charge on any atom is 0.251 e. The second kappa shape index (κ2) is 11.7. The number of carbonyl (C=O) groups is 1. The number of rotatable bonds is 10. The van der Waals surface area contributed by atoms with Crippen molar-refractivity contribution >= 4 is 11.6 Å². The van der Waals surface area contributed by atoms with Crippen molar-refractivity contribution in [3.63, 3.8) is 0 Å². The second-order valence-corrected chi connectivity index (χ2v) is 8.94. The number of nitrogens with one attached hydrogen (secondary N) is 1. The number of amides is 1. The van der Waals surface area contributed by atoms with Crippen LogP contribution in [0.25, 0.3) is 11.1 Å². The van der Waals surface area contributed by atoms with Gasteiger partial charge in [0.05, 0.1) is 13.7 Å². The lowest BCUT2D eigenvalue weighted by molar-refractivity contribution is 0.0930. The zero-order chi connectivity index (χ0) is 24.7. The highest BCUT2D eigenvalue weighted by Gasteiger charge is 2.19. The van der Waals surface area contributed by atoms with Crippen LogP contribution in [0.1, 0.15) is 21.5 Å². The van der Waals surface area contributed by atoms with Gasteiger partial charge < -0.3 is 25.0 Å². The molecule has 0 aliphatic carbocycles. The maximum atomic E-state index is 13.4. The normalized spacial score (nSPS) is 11.9. The third-order valence-corrected chi connectivity index (χ3v) is 5.72. The molecule has 0 radical (unpaired) electrons. The lowest BCUT2D eigenvalue weighted by Crippen LogP contribution is -2.43. The molecule has 3 aromatic rings. The molecule has 3 aromatic carbocycles. The van der Waals surface area contributed by atoms with Crippen LogP contribution in [0.3, 0.4) is 0 Å². The molecule has 0 aromatic heterocycles. The van der Waals surface area contributed by atoms with Gasteiger partial charge in [0.1, 0.15) is 5.75 Å². The van der Waals surface area contributed by atoms with Crippen LogP contribution in [-0.4, -0.2) is 63.8 Å². The Morgan fingerprint density at radius 3 is 2.35 bits per heavy atom. The number of anilines is 1. The van der Waals surface area contributed by atoms with Crippen molar-refractivity contribution in [2.24, 2.45) is 0 Å². The van der Waals surface area contributed by atoms with Crippen LogP contribution in [0.4, 0.5) is 5.69 Å². The van der Waals surface area contributed by atoms with E-state index in [2.05, 4.69) is 22.3 Å². The molecule has 0 unspecified atom stereocenters. The van der Waals surface area contributed by atoms with Crippen molar-refractivity contribution in [1.82, 2.24) is 10.2 Å². The fourth-order valence-electron chi connectivity index (χ4n) is 4.10. The van der Waals surface area contributed by atoms with Gasteiger partial charge in [-0.15, -0.1) is 0 Å². The summed E-state index contributed by atoms with van der Waals surface area (Å²) >= 11 is 0. The summed E-state index contributed by atoms with van der Waals surface area (Å²) in [5.74, 6) is 0.492. The molecular formula is C28H35N3O3.